The van der Waals surface area contributed by atoms with Gasteiger partial charge in [-0.05, 0) is 49.9 Å². The van der Waals surface area contributed by atoms with Gasteiger partial charge in [0.2, 0.25) is 11.8 Å². The number of hydrogen-bond donors (Lipinski definition) is 1. The molecule has 4 nitrogen and oxygen atoms in total. The Labute approximate surface area is 199 Å². The molecular formula is C24H30Cl2N2O2S. The highest BCUT2D eigenvalue weighted by atomic mass is 35.5. The van der Waals surface area contributed by atoms with E-state index in [0.717, 1.165) is 17.5 Å². The SMILES string of the molecule is CCC(C)NC(=O)C(C)N(CCc1ccccc1)C(=O)CSCc1c(Cl)cccc1Cl. The number of nitrogens with zero attached hydrogens (tertiary/aromatic N) is 1. The molecule has 2 atom stereocenters. The van der Waals surface area contributed by atoms with Crippen LogP contribution in [0, 0.1) is 0 Å². The van der Waals surface area contributed by atoms with Crippen molar-refractivity contribution in [1.29, 1.82) is 0 Å². The van der Waals surface area contributed by atoms with E-state index in [4.69, 9.17) is 23.2 Å². The van der Waals surface area contributed by atoms with Crippen LogP contribution in [0.1, 0.15) is 38.3 Å². The van der Waals surface area contributed by atoms with Crippen LogP contribution in [0.5, 0.6) is 0 Å². The molecule has 2 rings (SSSR count). The van der Waals surface area contributed by atoms with Crippen LogP contribution in [0.4, 0.5) is 0 Å². The van der Waals surface area contributed by atoms with Crippen molar-refractivity contribution in [2.24, 2.45) is 0 Å². The Balaban J connectivity index is 2.04. The van der Waals surface area contributed by atoms with Gasteiger partial charge in [0.05, 0.1) is 5.75 Å². The van der Waals surface area contributed by atoms with Crippen molar-refractivity contribution in [2.45, 2.75) is 51.4 Å². The third kappa shape index (κ3) is 8.06. The Hall–Kier alpha value is -1.69. The van der Waals surface area contributed by atoms with Crippen molar-refractivity contribution in [3.8, 4) is 0 Å². The summed E-state index contributed by atoms with van der Waals surface area (Å²) in [6.07, 6.45) is 1.53. The second kappa shape index (κ2) is 13.0. The fourth-order valence-electron chi connectivity index (χ4n) is 3.03. The molecule has 0 aliphatic carbocycles. The molecule has 0 aliphatic heterocycles. The highest BCUT2D eigenvalue weighted by molar-refractivity contribution is 7.99. The standard InChI is InChI=1S/C24H30Cl2N2O2S/c1-4-17(2)27-24(30)18(3)28(14-13-19-9-6-5-7-10-19)23(29)16-31-15-20-21(25)11-8-12-22(20)26/h5-12,17-18H,4,13-16H2,1-3H3,(H,27,30). The van der Waals surface area contributed by atoms with Crippen LogP contribution in [-0.2, 0) is 21.8 Å². The van der Waals surface area contributed by atoms with Gasteiger partial charge in [-0.25, -0.2) is 0 Å². The summed E-state index contributed by atoms with van der Waals surface area (Å²) in [5.74, 6) is 0.576. The molecule has 0 radical (unpaired) electrons. The number of nitrogens with one attached hydrogen (secondary N) is 1. The molecule has 31 heavy (non-hydrogen) atoms. The Morgan fingerprint density at radius 1 is 1.03 bits per heavy atom. The molecule has 7 heteroatoms. The minimum atomic E-state index is -0.547. The number of benzene rings is 2. The van der Waals surface area contributed by atoms with Crippen molar-refractivity contribution in [2.75, 3.05) is 12.3 Å². The van der Waals surface area contributed by atoms with E-state index in [-0.39, 0.29) is 23.6 Å². The Morgan fingerprint density at radius 3 is 2.29 bits per heavy atom. The lowest BCUT2D eigenvalue weighted by atomic mass is 10.1. The molecule has 2 amide bonds. The first-order valence-corrected chi connectivity index (χ1v) is 12.4. The van der Waals surface area contributed by atoms with Crippen molar-refractivity contribution in [3.05, 3.63) is 69.7 Å². The molecule has 2 aromatic rings. The lowest BCUT2D eigenvalue weighted by molar-refractivity contribution is -0.138. The average molecular weight is 481 g/mol. The molecule has 0 heterocycles. The normalized spacial score (nSPS) is 12.8. The van der Waals surface area contributed by atoms with Gasteiger partial charge >= 0.3 is 0 Å². The van der Waals surface area contributed by atoms with Gasteiger partial charge in [0.25, 0.3) is 0 Å². The van der Waals surface area contributed by atoms with Gasteiger partial charge in [0, 0.05) is 28.4 Å². The van der Waals surface area contributed by atoms with Gasteiger partial charge in [-0.2, -0.15) is 0 Å². The average Bonchev–Trinajstić information content (AvgIpc) is 2.76. The quantitative estimate of drug-likeness (QED) is 0.455. The smallest absolute Gasteiger partial charge is 0.242 e. The second-order valence-corrected chi connectivity index (χ2v) is 9.31. The van der Waals surface area contributed by atoms with Crippen molar-refractivity contribution < 1.29 is 9.59 Å². The number of thioether (sulfide) groups is 1. The summed E-state index contributed by atoms with van der Waals surface area (Å²) >= 11 is 13.9. The van der Waals surface area contributed by atoms with Gasteiger partial charge < -0.3 is 10.2 Å². The summed E-state index contributed by atoms with van der Waals surface area (Å²) in [6, 6.07) is 14.9. The molecule has 168 valence electrons. The summed E-state index contributed by atoms with van der Waals surface area (Å²) in [5.41, 5.74) is 1.95. The fraction of sp³-hybridized carbons (Fsp3) is 0.417. The fourth-order valence-corrected chi connectivity index (χ4v) is 4.68. The molecule has 0 bridgehead atoms. The molecule has 2 aromatic carbocycles. The third-order valence-corrected chi connectivity index (χ3v) is 6.84. The summed E-state index contributed by atoms with van der Waals surface area (Å²) in [6.45, 7) is 6.25. The predicted molar refractivity (Wildman–Crippen MR) is 132 cm³/mol. The Kier molecular flexibility index (Phi) is 10.7. The maximum Gasteiger partial charge on any atom is 0.242 e. The van der Waals surface area contributed by atoms with E-state index in [1.807, 2.05) is 44.2 Å². The first-order valence-electron chi connectivity index (χ1n) is 10.5. The number of hydrogen-bond acceptors (Lipinski definition) is 3. The number of amides is 2. The lowest BCUT2D eigenvalue weighted by Gasteiger charge is -2.29. The van der Waals surface area contributed by atoms with Gasteiger partial charge in [-0.15, -0.1) is 11.8 Å². The minimum Gasteiger partial charge on any atom is -0.352 e. The second-order valence-electron chi connectivity index (χ2n) is 7.51. The van der Waals surface area contributed by atoms with Crippen LogP contribution in [-0.4, -0.2) is 41.1 Å². The largest absolute Gasteiger partial charge is 0.352 e. The zero-order valence-electron chi connectivity index (χ0n) is 18.2. The summed E-state index contributed by atoms with van der Waals surface area (Å²) in [5, 5.41) is 4.17. The van der Waals surface area contributed by atoms with Crippen molar-refractivity contribution >= 4 is 46.8 Å². The van der Waals surface area contributed by atoms with E-state index in [9.17, 15) is 9.59 Å². The molecule has 0 saturated heterocycles. The van der Waals surface area contributed by atoms with E-state index in [2.05, 4.69) is 5.32 Å². The molecule has 2 unspecified atom stereocenters. The monoisotopic (exact) mass is 480 g/mol. The van der Waals surface area contributed by atoms with Crippen molar-refractivity contribution in [1.82, 2.24) is 10.2 Å². The predicted octanol–water partition coefficient (Wildman–Crippen LogP) is 5.60. The highest BCUT2D eigenvalue weighted by Crippen LogP contribution is 2.28. The molecule has 0 spiro atoms. The lowest BCUT2D eigenvalue weighted by Crippen LogP contribution is -2.51. The summed E-state index contributed by atoms with van der Waals surface area (Å²) in [7, 11) is 0. The number of carbonyl (C=O) groups excluding carboxylic acids is 2. The van der Waals surface area contributed by atoms with Crippen LogP contribution in [0.2, 0.25) is 10.0 Å². The maximum absolute atomic E-state index is 13.1. The van der Waals surface area contributed by atoms with Gasteiger partial charge in [0.15, 0.2) is 0 Å². The van der Waals surface area contributed by atoms with Crippen LogP contribution >= 0.6 is 35.0 Å². The zero-order valence-corrected chi connectivity index (χ0v) is 20.6. The van der Waals surface area contributed by atoms with Gasteiger partial charge in [0.1, 0.15) is 6.04 Å². The van der Waals surface area contributed by atoms with E-state index < -0.39 is 6.04 Å². The van der Waals surface area contributed by atoms with Crippen LogP contribution in [0.15, 0.2) is 48.5 Å². The maximum atomic E-state index is 13.1. The number of carbonyl (C=O) groups is 2. The molecule has 0 fully saturated rings. The van der Waals surface area contributed by atoms with Crippen LogP contribution in [0.3, 0.4) is 0 Å². The zero-order chi connectivity index (χ0) is 22.8. The molecule has 0 saturated carbocycles. The Morgan fingerprint density at radius 2 is 1.68 bits per heavy atom. The van der Waals surface area contributed by atoms with Gasteiger partial charge in [-0.3, -0.25) is 9.59 Å². The molecular weight excluding hydrogens is 451 g/mol. The van der Waals surface area contributed by atoms with Crippen LogP contribution in [0.25, 0.3) is 0 Å². The first kappa shape index (κ1) is 25.6. The number of halogens is 2. The third-order valence-electron chi connectivity index (χ3n) is 5.19. The Bertz CT molecular complexity index is 844. The van der Waals surface area contributed by atoms with E-state index in [1.165, 1.54) is 11.8 Å². The first-order chi connectivity index (χ1) is 14.8. The highest BCUT2D eigenvalue weighted by Gasteiger charge is 2.26. The molecule has 0 aliphatic rings. The summed E-state index contributed by atoms with van der Waals surface area (Å²) < 4.78 is 0. The minimum absolute atomic E-state index is 0.0674. The van der Waals surface area contributed by atoms with E-state index in [0.29, 0.717) is 28.8 Å². The summed E-state index contributed by atoms with van der Waals surface area (Å²) in [4.78, 5) is 27.5. The van der Waals surface area contributed by atoms with Gasteiger partial charge in [-0.1, -0.05) is 66.5 Å². The van der Waals surface area contributed by atoms with E-state index >= 15 is 0 Å². The number of rotatable bonds is 11. The van der Waals surface area contributed by atoms with Crippen LogP contribution < -0.4 is 5.32 Å². The molecule has 1 N–H and O–H groups in total. The molecule has 0 aromatic heterocycles. The topological polar surface area (TPSA) is 49.4 Å². The van der Waals surface area contributed by atoms with E-state index in [1.54, 1.807) is 30.0 Å². The van der Waals surface area contributed by atoms with Crippen molar-refractivity contribution in [3.63, 3.8) is 0 Å².